The summed E-state index contributed by atoms with van der Waals surface area (Å²) >= 11 is 2.99. The van der Waals surface area contributed by atoms with Crippen LogP contribution in [0.5, 0.6) is 0 Å². The average Bonchev–Trinajstić information content (AvgIpc) is 3.05. The van der Waals surface area contributed by atoms with Crippen LogP contribution in [0.1, 0.15) is 55.5 Å². The second-order valence-electron chi connectivity index (χ2n) is 6.88. The molecule has 2 rings (SSSR count). The second-order valence-corrected chi connectivity index (χ2v) is 8.98. The summed E-state index contributed by atoms with van der Waals surface area (Å²) in [5.74, 6) is -0.729. The first kappa shape index (κ1) is 23.2. The van der Waals surface area contributed by atoms with Crippen LogP contribution in [0.15, 0.2) is 0 Å². The molecule has 0 radical (unpaired) electrons. The lowest BCUT2D eigenvalue weighted by molar-refractivity contribution is -0.157. The first-order chi connectivity index (χ1) is 13.9. The Bertz CT molecular complexity index is 800. The Hall–Kier alpha value is -2.05. The zero-order valence-electron chi connectivity index (χ0n) is 17.0. The molecular formula is C20H27N3O4S2. The molecule has 2 atom stereocenters. The normalized spacial score (nSPS) is 14.8. The number of nitrogens with one attached hydrogen (secondary N) is 2. The number of ether oxygens (including phenoxy) is 1. The molecule has 2 amide bonds. The van der Waals surface area contributed by atoms with Gasteiger partial charge in [0.1, 0.15) is 17.1 Å². The first-order valence-electron chi connectivity index (χ1n) is 9.73. The number of hydrogen-bond acceptors (Lipinski definition) is 7. The van der Waals surface area contributed by atoms with E-state index in [0.717, 1.165) is 36.1 Å². The summed E-state index contributed by atoms with van der Waals surface area (Å²) in [5.41, 5.74) is 1.56. The van der Waals surface area contributed by atoms with Gasteiger partial charge in [-0.3, -0.25) is 9.59 Å². The molecule has 0 spiro atoms. The monoisotopic (exact) mass is 437 g/mol. The van der Waals surface area contributed by atoms with Crippen LogP contribution < -0.4 is 10.6 Å². The third-order valence-corrected chi connectivity index (χ3v) is 6.57. The van der Waals surface area contributed by atoms with Gasteiger partial charge in [0.05, 0.1) is 5.56 Å². The molecule has 1 heterocycles. The molecule has 0 aromatic carbocycles. The van der Waals surface area contributed by atoms with E-state index in [1.165, 1.54) is 18.3 Å². The molecule has 1 aliphatic rings. The van der Waals surface area contributed by atoms with Crippen LogP contribution in [0.25, 0.3) is 0 Å². The van der Waals surface area contributed by atoms with Gasteiger partial charge in [-0.15, -0.1) is 11.3 Å². The van der Waals surface area contributed by atoms with Crippen molar-refractivity contribution >= 4 is 45.9 Å². The van der Waals surface area contributed by atoms with E-state index in [1.807, 2.05) is 6.26 Å². The number of nitriles is 1. The number of hydrogen-bond donors (Lipinski definition) is 2. The number of anilines is 1. The molecule has 1 aromatic heterocycles. The van der Waals surface area contributed by atoms with Crippen molar-refractivity contribution in [2.75, 3.05) is 17.3 Å². The number of fused-ring (bicyclic) bond motifs is 1. The Morgan fingerprint density at radius 2 is 2.03 bits per heavy atom. The maximum atomic E-state index is 12.7. The SMILES string of the molecule is CC[C@H](OC(=O)[C@@H](CCSC)NC(C)=O)C(=O)Nc1sc2c(c1C#N)CCCC2. The molecule has 0 saturated carbocycles. The highest BCUT2D eigenvalue weighted by atomic mass is 32.2. The minimum atomic E-state index is -0.987. The molecule has 0 saturated heterocycles. The van der Waals surface area contributed by atoms with Gasteiger partial charge in [-0.2, -0.15) is 17.0 Å². The van der Waals surface area contributed by atoms with Crippen molar-refractivity contribution in [3.8, 4) is 6.07 Å². The first-order valence-corrected chi connectivity index (χ1v) is 11.9. The summed E-state index contributed by atoms with van der Waals surface area (Å²) in [6.07, 6.45) is 5.54. The fourth-order valence-electron chi connectivity index (χ4n) is 3.24. The maximum absolute atomic E-state index is 12.7. The Kier molecular flexibility index (Phi) is 8.99. The minimum absolute atomic E-state index is 0.292. The van der Waals surface area contributed by atoms with Gasteiger partial charge in [0.25, 0.3) is 5.91 Å². The average molecular weight is 438 g/mol. The number of nitrogens with zero attached hydrogens (tertiary/aromatic N) is 1. The van der Waals surface area contributed by atoms with Crippen LogP contribution in [0.4, 0.5) is 5.00 Å². The van der Waals surface area contributed by atoms with E-state index in [4.69, 9.17) is 4.74 Å². The van der Waals surface area contributed by atoms with Gasteiger partial charge < -0.3 is 15.4 Å². The number of aryl methyl sites for hydroxylation is 1. The fourth-order valence-corrected chi connectivity index (χ4v) is 4.95. The van der Waals surface area contributed by atoms with E-state index in [2.05, 4.69) is 16.7 Å². The van der Waals surface area contributed by atoms with Crippen molar-refractivity contribution in [3.63, 3.8) is 0 Å². The molecule has 9 heteroatoms. The number of esters is 1. The maximum Gasteiger partial charge on any atom is 0.329 e. The minimum Gasteiger partial charge on any atom is -0.451 e. The molecule has 0 aliphatic heterocycles. The van der Waals surface area contributed by atoms with Crippen molar-refractivity contribution in [3.05, 3.63) is 16.0 Å². The molecule has 7 nitrogen and oxygen atoms in total. The van der Waals surface area contributed by atoms with Crippen LogP contribution in [0, 0.1) is 11.3 Å². The smallest absolute Gasteiger partial charge is 0.329 e. The van der Waals surface area contributed by atoms with E-state index >= 15 is 0 Å². The summed E-state index contributed by atoms with van der Waals surface area (Å²) in [6, 6.07) is 1.42. The van der Waals surface area contributed by atoms with Crippen LogP contribution in [0.2, 0.25) is 0 Å². The molecule has 1 aliphatic carbocycles. The van der Waals surface area contributed by atoms with E-state index < -0.39 is 24.0 Å². The zero-order chi connectivity index (χ0) is 21.4. The van der Waals surface area contributed by atoms with Gasteiger partial charge in [0.2, 0.25) is 5.91 Å². The Labute approximate surface area is 179 Å². The number of rotatable bonds is 9. The van der Waals surface area contributed by atoms with Crippen molar-refractivity contribution < 1.29 is 19.1 Å². The van der Waals surface area contributed by atoms with Gasteiger partial charge >= 0.3 is 5.97 Å². The predicted octanol–water partition coefficient (Wildman–Crippen LogP) is 3.02. The van der Waals surface area contributed by atoms with Gasteiger partial charge in [-0.1, -0.05) is 6.92 Å². The van der Waals surface area contributed by atoms with Crippen LogP contribution in [0.3, 0.4) is 0 Å². The lowest BCUT2D eigenvalue weighted by Crippen LogP contribution is -2.44. The van der Waals surface area contributed by atoms with Crippen LogP contribution >= 0.6 is 23.1 Å². The highest BCUT2D eigenvalue weighted by Gasteiger charge is 2.29. The van der Waals surface area contributed by atoms with Gasteiger partial charge in [0.15, 0.2) is 6.10 Å². The second kappa shape index (κ2) is 11.2. The quantitative estimate of drug-likeness (QED) is 0.575. The highest BCUT2D eigenvalue weighted by Crippen LogP contribution is 2.37. The molecule has 0 bridgehead atoms. The van der Waals surface area contributed by atoms with E-state index in [9.17, 15) is 19.6 Å². The molecule has 2 N–H and O–H groups in total. The summed E-state index contributed by atoms with van der Waals surface area (Å²) in [4.78, 5) is 37.8. The third kappa shape index (κ3) is 6.21. The van der Waals surface area contributed by atoms with E-state index in [-0.39, 0.29) is 5.91 Å². The lowest BCUT2D eigenvalue weighted by Gasteiger charge is -2.21. The molecule has 0 unspecified atom stereocenters. The summed E-state index contributed by atoms with van der Waals surface area (Å²) in [7, 11) is 0. The largest absolute Gasteiger partial charge is 0.451 e. The Balaban J connectivity index is 2.08. The number of carbonyl (C=O) groups is 3. The number of carbonyl (C=O) groups excluding carboxylic acids is 3. The van der Waals surface area contributed by atoms with Crippen LogP contribution in [-0.4, -0.2) is 41.9 Å². The van der Waals surface area contributed by atoms with E-state index in [1.54, 1.807) is 18.7 Å². The van der Waals surface area contributed by atoms with Gasteiger partial charge in [-0.05, 0) is 56.1 Å². The molecule has 1 aromatic rings. The topological polar surface area (TPSA) is 108 Å². The van der Waals surface area contributed by atoms with Crippen molar-refractivity contribution in [1.29, 1.82) is 5.26 Å². The van der Waals surface area contributed by atoms with Gasteiger partial charge in [-0.25, -0.2) is 4.79 Å². The summed E-state index contributed by atoms with van der Waals surface area (Å²) < 4.78 is 5.42. The molecule has 29 heavy (non-hydrogen) atoms. The van der Waals surface area contributed by atoms with Gasteiger partial charge in [0, 0.05) is 11.8 Å². The fraction of sp³-hybridized carbons (Fsp3) is 0.600. The zero-order valence-corrected chi connectivity index (χ0v) is 18.6. The highest BCUT2D eigenvalue weighted by molar-refractivity contribution is 7.98. The van der Waals surface area contributed by atoms with Crippen LogP contribution in [-0.2, 0) is 32.0 Å². The van der Waals surface area contributed by atoms with E-state index in [0.29, 0.717) is 29.2 Å². The van der Waals surface area contributed by atoms with Crippen molar-refractivity contribution in [2.24, 2.45) is 0 Å². The Morgan fingerprint density at radius 3 is 2.66 bits per heavy atom. The number of thiophene rings is 1. The number of amides is 2. The van der Waals surface area contributed by atoms with Crippen molar-refractivity contribution in [2.45, 2.75) is 64.5 Å². The summed E-state index contributed by atoms with van der Waals surface area (Å²) in [5, 5.41) is 15.4. The summed E-state index contributed by atoms with van der Waals surface area (Å²) in [6.45, 7) is 3.09. The van der Waals surface area contributed by atoms with Crippen molar-refractivity contribution in [1.82, 2.24) is 5.32 Å². The molecule has 158 valence electrons. The predicted molar refractivity (Wildman–Crippen MR) is 115 cm³/mol. The molecular weight excluding hydrogens is 410 g/mol. The third-order valence-electron chi connectivity index (χ3n) is 4.71. The lowest BCUT2D eigenvalue weighted by atomic mass is 9.96. The molecule has 0 fully saturated rings. The Morgan fingerprint density at radius 1 is 1.31 bits per heavy atom. The standard InChI is InChI=1S/C20H27N3O4S2/c1-4-16(27-20(26)15(9-10-28-3)22-12(2)24)18(25)23-19-14(11-21)13-7-5-6-8-17(13)29-19/h15-16H,4-10H2,1-3H3,(H,22,24)(H,23,25)/t15-,16+/m1/s1. The number of thioether (sulfide) groups is 1.